The maximum atomic E-state index is 11.3. The van der Waals surface area contributed by atoms with Gasteiger partial charge in [0.25, 0.3) is 0 Å². The number of pyridine rings is 1. The molecule has 0 saturated carbocycles. The lowest BCUT2D eigenvalue weighted by Gasteiger charge is -2.31. The Morgan fingerprint density at radius 1 is 1.30 bits per heavy atom. The number of furan rings is 1. The van der Waals surface area contributed by atoms with Crippen molar-refractivity contribution in [1.29, 1.82) is 0 Å². The average Bonchev–Trinajstić information content (AvgIpc) is 2.85. The van der Waals surface area contributed by atoms with E-state index in [-0.39, 0.29) is 5.56 Å². The zero-order valence-corrected chi connectivity index (χ0v) is 11.9. The van der Waals surface area contributed by atoms with Crippen LogP contribution in [0.2, 0.25) is 5.22 Å². The van der Waals surface area contributed by atoms with Gasteiger partial charge in [0.05, 0.1) is 6.54 Å². The zero-order valence-electron chi connectivity index (χ0n) is 11.1. The van der Waals surface area contributed by atoms with Gasteiger partial charge in [0.15, 0.2) is 5.22 Å². The van der Waals surface area contributed by atoms with Crippen LogP contribution in [0.5, 0.6) is 0 Å². The predicted molar refractivity (Wildman–Crippen MR) is 78.0 cm³/mol. The van der Waals surface area contributed by atoms with Crippen molar-refractivity contribution in [3.05, 3.63) is 57.4 Å². The molecule has 0 atom stereocenters. The van der Waals surface area contributed by atoms with E-state index in [0.29, 0.717) is 11.1 Å². The lowest BCUT2D eigenvalue weighted by Crippen LogP contribution is -2.32. The van der Waals surface area contributed by atoms with E-state index in [1.165, 1.54) is 0 Å². The Labute approximate surface area is 122 Å². The minimum atomic E-state index is -0.0184. The van der Waals surface area contributed by atoms with Crippen LogP contribution in [0.15, 0.2) is 39.7 Å². The van der Waals surface area contributed by atoms with E-state index in [0.717, 1.165) is 43.8 Å². The van der Waals surface area contributed by atoms with Gasteiger partial charge < -0.3 is 9.40 Å². The summed E-state index contributed by atoms with van der Waals surface area (Å²) in [4.78, 5) is 16.4. The molecule has 3 heterocycles. The van der Waals surface area contributed by atoms with E-state index in [2.05, 4.69) is 9.88 Å². The molecule has 0 bridgehead atoms. The Morgan fingerprint density at radius 3 is 2.75 bits per heavy atom. The minimum Gasteiger partial charge on any atom is -0.448 e. The van der Waals surface area contributed by atoms with E-state index in [4.69, 9.17) is 16.0 Å². The Kier molecular flexibility index (Phi) is 3.94. The monoisotopic (exact) mass is 292 g/mol. The SMILES string of the molecule is O=c1cc(C2CCN(Cc3ccc(Cl)o3)CC2)cc[nH]1. The molecule has 0 amide bonds. The molecule has 0 aromatic carbocycles. The highest BCUT2D eigenvalue weighted by atomic mass is 35.5. The zero-order chi connectivity index (χ0) is 13.9. The van der Waals surface area contributed by atoms with Gasteiger partial charge in [-0.25, -0.2) is 0 Å². The molecule has 1 fully saturated rings. The largest absolute Gasteiger partial charge is 0.448 e. The summed E-state index contributed by atoms with van der Waals surface area (Å²) in [6, 6.07) is 7.42. The molecule has 20 heavy (non-hydrogen) atoms. The summed E-state index contributed by atoms with van der Waals surface area (Å²) in [5.41, 5.74) is 1.13. The molecule has 0 aliphatic carbocycles. The van der Waals surface area contributed by atoms with Crippen molar-refractivity contribution in [1.82, 2.24) is 9.88 Å². The van der Waals surface area contributed by atoms with Gasteiger partial charge in [-0.05, 0) is 67.2 Å². The van der Waals surface area contributed by atoms with E-state index in [1.54, 1.807) is 18.3 Å². The highest BCUT2D eigenvalue weighted by Crippen LogP contribution is 2.28. The topological polar surface area (TPSA) is 49.2 Å². The number of aromatic amines is 1. The number of halogens is 1. The first-order chi connectivity index (χ1) is 9.70. The van der Waals surface area contributed by atoms with Crippen molar-refractivity contribution in [3.8, 4) is 0 Å². The summed E-state index contributed by atoms with van der Waals surface area (Å²) >= 11 is 5.78. The van der Waals surface area contributed by atoms with Crippen LogP contribution in [-0.4, -0.2) is 23.0 Å². The molecule has 2 aromatic rings. The molecule has 0 unspecified atom stereocenters. The maximum Gasteiger partial charge on any atom is 0.248 e. The molecule has 1 aliphatic rings. The van der Waals surface area contributed by atoms with E-state index in [1.807, 2.05) is 12.1 Å². The molecule has 0 radical (unpaired) electrons. The Hall–Kier alpha value is -1.52. The molecular formula is C15H17ClN2O2. The molecule has 5 heteroatoms. The number of nitrogens with zero attached hydrogens (tertiary/aromatic N) is 1. The van der Waals surface area contributed by atoms with E-state index < -0.39 is 0 Å². The molecule has 4 nitrogen and oxygen atoms in total. The molecule has 3 rings (SSSR count). The first-order valence-corrected chi connectivity index (χ1v) is 7.24. The summed E-state index contributed by atoms with van der Waals surface area (Å²) in [6.45, 7) is 2.82. The third-order valence-electron chi connectivity index (χ3n) is 3.87. The summed E-state index contributed by atoms with van der Waals surface area (Å²) in [7, 11) is 0. The van der Waals surface area contributed by atoms with E-state index in [9.17, 15) is 4.79 Å². The van der Waals surface area contributed by atoms with Gasteiger partial charge >= 0.3 is 0 Å². The molecule has 106 valence electrons. The highest BCUT2D eigenvalue weighted by molar-refractivity contribution is 6.28. The number of aromatic nitrogens is 1. The van der Waals surface area contributed by atoms with Crippen LogP contribution in [0.3, 0.4) is 0 Å². The van der Waals surface area contributed by atoms with Crippen LogP contribution >= 0.6 is 11.6 Å². The van der Waals surface area contributed by atoms with Crippen molar-refractivity contribution in [2.75, 3.05) is 13.1 Å². The standard InChI is InChI=1S/C15H17ClN2O2/c16-14-2-1-13(20-14)10-18-7-4-11(5-8-18)12-3-6-17-15(19)9-12/h1-3,6,9,11H,4-5,7-8,10H2,(H,17,19). The second-order valence-corrected chi connectivity index (χ2v) is 5.62. The Morgan fingerprint density at radius 2 is 2.10 bits per heavy atom. The van der Waals surface area contributed by atoms with Gasteiger partial charge in [0.1, 0.15) is 5.76 Å². The number of hydrogen-bond acceptors (Lipinski definition) is 3. The van der Waals surface area contributed by atoms with Crippen LogP contribution in [0.4, 0.5) is 0 Å². The van der Waals surface area contributed by atoms with Crippen LogP contribution in [-0.2, 0) is 6.54 Å². The van der Waals surface area contributed by atoms with Gasteiger partial charge in [-0.15, -0.1) is 0 Å². The summed E-state index contributed by atoms with van der Waals surface area (Å²) < 4.78 is 5.39. The predicted octanol–water partition coefficient (Wildman–Crippen LogP) is 3.00. The first kappa shape index (κ1) is 13.5. The number of nitrogens with one attached hydrogen (secondary N) is 1. The summed E-state index contributed by atoms with van der Waals surface area (Å²) in [5.74, 6) is 1.39. The maximum absolute atomic E-state index is 11.3. The highest BCUT2D eigenvalue weighted by Gasteiger charge is 2.21. The fourth-order valence-electron chi connectivity index (χ4n) is 2.80. The summed E-state index contributed by atoms with van der Waals surface area (Å²) in [5, 5.41) is 0.443. The van der Waals surface area contributed by atoms with E-state index >= 15 is 0 Å². The third-order valence-corrected chi connectivity index (χ3v) is 4.07. The van der Waals surface area contributed by atoms with Gasteiger partial charge in [-0.2, -0.15) is 0 Å². The van der Waals surface area contributed by atoms with Crippen LogP contribution in [0.1, 0.15) is 30.1 Å². The quantitative estimate of drug-likeness (QED) is 0.946. The van der Waals surface area contributed by atoms with Crippen molar-refractivity contribution in [3.63, 3.8) is 0 Å². The van der Waals surface area contributed by atoms with Crippen molar-refractivity contribution in [2.24, 2.45) is 0 Å². The lowest BCUT2D eigenvalue weighted by molar-refractivity contribution is 0.191. The van der Waals surface area contributed by atoms with Gasteiger partial charge in [-0.3, -0.25) is 9.69 Å². The fraction of sp³-hybridized carbons (Fsp3) is 0.400. The van der Waals surface area contributed by atoms with Crippen molar-refractivity contribution >= 4 is 11.6 Å². The molecule has 1 aliphatic heterocycles. The molecule has 0 spiro atoms. The smallest absolute Gasteiger partial charge is 0.248 e. The number of piperidine rings is 1. The Bertz CT molecular complexity index is 627. The average molecular weight is 293 g/mol. The van der Waals surface area contributed by atoms with Crippen molar-refractivity contribution < 1.29 is 4.42 Å². The molecular weight excluding hydrogens is 276 g/mol. The molecule has 2 aromatic heterocycles. The van der Waals surface area contributed by atoms with Gasteiger partial charge in [0, 0.05) is 12.3 Å². The van der Waals surface area contributed by atoms with Crippen molar-refractivity contribution in [2.45, 2.75) is 25.3 Å². The fourth-order valence-corrected chi connectivity index (χ4v) is 2.96. The number of rotatable bonds is 3. The third kappa shape index (κ3) is 3.14. The number of H-pyrrole nitrogens is 1. The van der Waals surface area contributed by atoms with Crippen LogP contribution in [0, 0.1) is 0 Å². The Balaban J connectivity index is 1.58. The number of likely N-dealkylation sites (tertiary alicyclic amines) is 1. The first-order valence-electron chi connectivity index (χ1n) is 6.86. The molecule has 1 saturated heterocycles. The lowest BCUT2D eigenvalue weighted by atomic mass is 9.90. The second-order valence-electron chi connectivity index (χ2n) is 5.24. The van der Waals surface area contributed by atoms with Crippen LogP contribution < -0.4 is 5.56 Å². The molecule has 1 N–H and O–H groups in total. The summed E-state index contributed by atoms with van der Waals surface area (Å²) in [6.07, 6.45) is 3.87. The minimum absolute atomic E-state index is 0.0184. The normalized spacial score (nSPS) is 17.4. The number of hydrogen-bond donors (Lipinski definition) is 1. The van der Waals surface area contributed by atoms with Gasteiger partial charge in [-0.1, -0.05) is 0 Å². The second kappa shape index (κ2) is 5.85. The van der Waals surface area contributed by atoms with Crippen LogP contribution in [0.25, 0.3) is 0 Å². The van der Waals surface area contributed by atoms with Gasteiger partial charge in [0.2, 0.25) is 5.56 Å².